The third-order valence-corrected chi connectivity index (χ3v) is 4.43. The number of hydrogen-bond acceptors (Lipinski definition) is 4. The van der Waals surface area contributed by atoms with Gasteiger partial charge in [0.25, 0.3) is 0 Å². The normalized spacial score (nSPS) is 17.2. The maximum Gasteiger partial charge on any atom is 1.00 e. The van der Waals surface area contributed by atoms with E-state index < -0.39 is 5.60 Å². The van der Waals surface area contributed by atoms with Crippen LogP contribution >= 0.6 is 0 Å². The van der Waals surface area contributed by atoms with Crippen molar-refractivity contribution in [2.75, 3.05) is 19.7 Å². The topological polar surface area (TPSA) is 48.0 Å². The van der Waals surface area contributed by atoms with Gasteiger partial charge in [0.15, 0.2) is 0 Å². The van der Waals surface area contributed by atoms with Crippen LogP contribution in [0.15, 0.2) is 54.6 Å². The predicted molar refractivity (Wildman–Crippen MR) is 110 cm³/mol. The highest BCUT2D eigenvalue weighted by Gasteiger charge is 2.28. The Bertz CT molecular complexity index is 759. The minimum atomic E-state index is -0.486. The summed E-state index contributed by atoms with van der Waals surface area (Å²) in [5.41, 5.74) is 1.81. The van der Waals surface area contributed by atoms with Crippen LogP contribution in [0.5, 0.6) is 5.75 Å². The molecule has 0 unspecified atom stereocenters. The lowest BCUT2D eigenvalue weighted by Gasteiger charge is -2.34. The lowest BCUT2D eigenvalue weighted by molar-refractivity contribution is -0.0415. The molecule has 3 rings (SSSR count). The highest BCUT2D eigenvalue weighted by molar-refractivity contribution is 5.68. The van der Waals surface area contributed by atoms with Gasteiger partial charge in [0, 0.05) is 13.0 Å². The van der Waals surface area contributed by atoms with E-state index in [2.05, 4.69) is 12.1 Å². The standard InChI is InChI=1S/C23H29NO4/c1-23(2,3)28-22(25)24-13-14-26-21(16-24)15-18-9-11-20(12-10-18)27-17-19-7-5-4-6-8-19/h4-12,21H,13-17H2,1-3H3/p+1/t21-/m1/s1. The van der Waals surface area contributed by atoms with Crippen molar-refractivity contribution in [1.82, 2.24) is 4.90 Å². The van der Waals surface area contributed by atoms with E-state index in [9.17, 15) is 4.79 Å². The molecule has 0 N–H and O–H groups in total. The molecule has 1 amide bonds. The van der Waals surface area contributed by atoms with Crippen LogP contribution in [0, 0.1) is 0 Å². The highest BCUT2D eigenvalue weighted by atomic mass is 16.6. The fraction of sp³-hybridized carbons (Fsp3) is 0.435. The van der Waals surface area contributed by atoms with Crippen molar-refractivity contribution in [2.45, 2.75) is 45.5 Å². The number of amides is 1. The van der Waals surface area contributed by atoms with E-state index in [1.807, 2.05) is 63.2 Å². The van der Waals surface area contributed by atoms with E-state index in [0.29, 0.717) is 26.3 Å². The monoisotopic (exact) mass is 384 g/mol. The second-order valence-corrected chi connectivity index (χ2v) is 8.04. The molecule has 0 spiro atoms. The molecular weight excluding hydrogens is 354 g/mol. The largest absolute Gasteiger partial charge is 1.00 e. The van der Waals surface area contributed by atoms with Gasteiger partial charge in [0.05, 0.1) is 19.3 Å². The van der Waals surface area contributed by atoms with Gasteiger partial charge in [-0.3, -0.25) is 0 Å². The van der Waals surface area contributed by atoms with Crippen LogP contribution in [-0.4, -0.2) is 42.4 Å². The lowest BCUT2D eigenvalue weighted by Crippen LogP contribution is -2.48. The second kappa shape index (κ2) is 9.11. The van der Waals surface area contributed by atoms with Crippen LogP contribution in [0.1, 0.15) is 33.3 Å². The summed E-state index contributed by atoms with van der Waals surface area (Å²) < 4.78 is 17.1. The van der Waals surface area contributed by atoms with Gasteiger partial charge < -0.3 is 19.1 Å². The summed E-state index contributed by atoms with van der Waals surface area (Å²) in [7, 11) is 0. The van der Waals surface area contributed by atoms with Gasteiger partial charge in [-0.15, -0.1) is 0 Å². The smallest absolute Gasteiger partial charge is 0.489 e. The molecule has 150 valence electrons. The van der Waals surface area contributed by atoms with E-state index in [4.69, 9.17) is 14.2 Å². The first-order chi connectivity index (χ1) is 13.4. The van der Waals surface area contributed by atoms with Crippen LogP contribution in [0.3, 0.4) is 0 Å². The van der Waals surface area contributed by atoms with Crippen molar-refractivity contribution >= 4 is 6.09 Å². The molecule has 1 atom stereocenters. The first-order valence-corrected chi connectivity index (χ1v) is 9.74. The number of hydrogen-bond donors (Lipinski definition) is 0. The minimum absolute atomic E-state index is 0. The fourth-order valence-electron chi connectivity index (χ4n) is 3.06. The summed E-state index contributed by atoms with van der Waals surface area (Å²) in [5, 5.41) is 0. The van der Waals surface area contributed by atoms with E-state index in [1.165, 1.54) is 0 Å². The first kappa shape index (κ1) is 20.2. The van der Waals surface area contributed by atoms with E-state index in [1.54, 1.807) is 4.90 Å². The zero-order valence-corrected chi connectivity index (χ0v) is 16.9. The Morgan fingerprint density at radius 2 is 1.82 bits per heavy atom. The van der Waals surface area contributed by atoms with Crippen molar-refractivity contribution in [3.8, 4) is 5.75 Å². The van der Waals surface area contributed by atoms with Crippen LogP contribution < -0.4 is 4.74 Å². The average molecular weight is 384 g/mol. The number of ether oxygens (including phenoxy) is 3. The average Bonchev–Trinajstić information content (AvgIpc) is 2.67. The van der Waals surface area contributed by atoms with Crippen LogP contribution in [0.4, 0.5) is 4.79 Å². The zero-order valence-electron chi connectivity index (χ0n) is 17.9. The Morgan fingerprint density at radius 1 is 1.11 bits per heavy atom. The molecule has 5 nitrogen and oxygen atoms in total. The number of nitrogens with zero attached hydrogens (tertiary/aromatic N) is 1. The lowest BCUT2D eigenvalue weighted by atomic mass is 10.1. The maximum absolute atomic E-state index is 12.3. The molecule has 2 aromatic rings. The molecule has 1 aliphatic rings. The molecule has 1 saturated heterocycles. The number of rotatable bonds is 5. The van der Waals surface area contributed by atoms with Gasteiger partial charge in [-0.05, 0) is 44.0 Å². The Hall–Kier alpha value is -2.53. The zero-order chi connectivity index (χ0) is 20.0. The molecule has 5 heteroatoms. The minimum Gasteiger partial charge on any atom is -0.489 e. The molecule has 0 radical (unpaired) electrons. The van der Waals surface area contributed by atoms with Gasteiger partial charge in [-0.25, -0.2) is 4.79 Å². The Labute approximate surface area is 168 Å². The summed E-state index contributed by atoms with van der Waals surface area (Å²) in [6, 6.07) is 18.2. The molecule has 1 fully saturated rings. The van der Waals surface area contributed by atoms with Crippen LogP contribution in [0.25, 0.3) is 0 Å². The Balaban J connectivity index is 0.00000300. The summed E-state index contributed by atoms with van der Waals surface area (Å²) in [4.78, 5) is 14.0. The molecular formula is C23H30NO4+. The Morgan fingerprint density at radius 3 is 2.50 bits per heavy atom. The highest BCUT2D eigenvalue weighted by Crippen LogP contribution is 2.18. The van der Waals surface area contributed by atoms with Crippen LogP contribution in [0.2, 0.25) is 0 Å². The Kier molecular flexibility index (Phi) is 6.57. The van der Waals surface area contributed by atoms with E-state index >= 15 is 0 Å². The van der Waals surface area contributed by atoms with E-state index in [0.717, 1.165) is 23.3 Å². The van der Waals surface area contributed by atoms with Gasteiger partial charge in [-0.2, -0.15) is 0 Å². The molecule has 0 aliphatic carbocycles. The third-order valence-electron chi connectivity index (χ3n) is 4.43. The molecule has 0 aromatic heterocycles. The summed E-state index contributed by atoms with van der Waals surface area (Å²) >= 11 is 0. The molecule has 1 aliphatic heterocycles. The SMILES string of the molecule is CC(C)(C)OC(=O)N1CCO[C@H](Cc2ccc(OCc3ccccc3)cc2)C1.[H+]. The van der Waals surface area contributed by atoms with Gasteiger partial charge in [0.1, 0.15) is 18.0 Å². The van der Waals surface area contributed by atoms with Crippen molar-refractivity contribution in [1.29, 1.82) is 0 Å². The molecule has 0 bridgehead atoms. The summed E-state index contributed by atoms with van der Waals surface area (Å²) in [6.07, 6.45) is 0.445. The molecule has 0 saturated carbocycles. The number of benzene rings is 2. The van der Waals surface area contributed by atoms with Gasteiger partial charge in [-0.1, -0.05) is 42.5 Å². The summed E-state index contributed by atoms with van der Waals surface area (Å²) in [6.45, 7) is 7.83. The molecule has 28 heavy (non-hydrogen) atoms. The second-order valence-electron chi connectivity index (χ2n) is 8.04. The van der Waals surface area contributed by atoms with E-state index in [-0.39, 0.29) is 13.6 Å². The van der Waals surface area contributed by atoms with Crippen LogP contribution in [-0.2, 0) is 22.5 Å². The third kappa shape index (κ3) is 6.27. The fourth-order valence-corrected chi connectivity index (χ4v) is 3.06. The number of carbonyl (C=O) groups excluding carboxylic acids is 1. The number of morpholine rings is 1. The van der Waals surface area contributed by atoms with Crippen molar-refractivity contribution in [3.05, 3.63) is 65.7 Å². The van der Waals surface area contributed by atoms with Crippen molar-refractivity contribution < 1.29 is 20.4 Å². The first-order valence-electron chi connectivity index (χ1n) is 9.74. The quantitative estimate of drug-likeness (QED) is 0.758. The van der Waals surface area contributed by atoms with Crippen molar-refractivity contribution in [2.24, 2.45) is 0 Å². The van der Waals surface area contributed by atoms with Gasteiger partial charge >= 0.3 is 7.52 Å². The molecule has 1 heterocycles. The molecule has 2 aromatic carbocycles. The maximum atomic E-state index is 12.3. The number of carbonyl (C=O) groups is 1. The summed E-state index contributed by atoms with van der Waals surface area (Å²) in [5.74, 6) is 0.840. The predicted octanol–water partition coefficient (Wildman–Crippen LogP) is 4.56. The van der Waals surface area contributed by atoms with Crippen molar-refractivity contribution in [3.63, 3.8) is 0 Å². The van der Waals surface area contributed by atoms with Gasteiger partial charge in [0.2, 0.25) is 0 Å².